The van der Waals surface area contributed by atoms with E-state index >= 15 is 0 Å². The number of nitrogens with zero attached hydrogens (tertiary/aromatic N) is 1. The Labute approximate surface area is 169 Å². The van der Waals surface area contributed by atoms with Gasteiger partial charge in [0.25, 0.3) is 11.8 Å². The van der Waals surface area contributed by atoms with Crippen LogP contribution in [0.15, 0.2) is 66.7 Å². The van der Waals surface area contributed by atoms with Gasteiger partial charge >= 0.3 is 0 Å². The fourth-order valence-electron chi connectivity index (χ4n) is 2.86. The number of hydrogen-bond donors (Lipinski definition) is 2. The molecular weight excluding hydrogens is 369 g/mol. The van der Waals surface area contributed by atoms with Gasteiger partial charge in [-0.15, -0.1) is 0 Å². The largest absolute Gasteiger partial charge is 0.347 e. The zero-order chi connectivity index (χ0) is 20.8. The van der Waals surface area contributed by atoms with E-state index in [2.05, 4.69) is 29.5 Å². The average molecular weight is 391 g/mol. The van der Waals surface area contributed by atoms with Crippen molar-refractivity contribution in [1.82, 2.24) is 10.3 Å². The van der Waals surface area contributed by atoms with Crippen LogP contribution >= 0.6 is 0 Å². The number of aromatic nitrogens is 1. The van der Waals surface area contributed by atoms with E-state index in [0.29, 0.717) is 0 Å². The third kappa shape index (κ3) is 5.25. The van der Waals surface area contributed by atoms with E-state index in [1.54, 1.807) is 30.3 Å². The molecule has 1 heterocycles. The van der Waals surface area contributed by atoms with Crippen molar-refractivity contribution in [3.05, 3.63) is 95.1 Å². The van der Waals surface area contributed by atoms with Gasteiger partial charge in [-0.2, -0.15) is 0 Å². The van der Waals surface area contributed by atoms with Crippen molar-refractivity contribution in [3.63, 3.8) is 0 Å². The summed E-state index contributed by atoms with van der Waals surface area (Å²) in [6.45, 7) is 4.34. The Morgan fingerprint density at radius 3 is 2.24 bits per heavy atom. The van der Waals surface area contributed by atoms with Gasteiger partial charge in [-0.3, -0.25) is 9.59 Å². The molecule has 1 aromatic heterocycles. The van der Waals surface area contributed by atoms with Crippen molar-refractivity contribution in [2.75, 3.05) is 5.32 Å². The number of para-hydroxylation sites is 1. The number of amides is 2. The number of halogens is 1. The fraction of sp³-hybridized carbons (Fsp3) is 0.174. The molecule has 29 heavy (non-hydrogen) atoms. The molecule has 0 saturated carbocycles. The molecule has 0 atom stereocenters. The molecular formula is C23H22FN3O2. The second-order valence-corrected chi connectivity index (χ2v) is 6.91. The number of rotatable bonds is 6. The zero-order valence-corrected chi connectivity index (χ0v) is 16.3. The molecule has 0 saturated heterocycles. The topological polar surface area (TPSA) is 71.1 Å². The highest BCUT2D eigenvalue weighted by atomic mass is 19.1. The molecule has 0 aliphatic heterocycles. The highest BCUT2D eigenvalue weighted by molar-refractivity contribution is 6.04. The maximum absolute atomic E-state index is 13.0. The minimum Gasteiger partial charge on any atom is -0.347 e. The van der Waals surface area contributed by atoms with Crippen molar-refractivity contribution in [1.29, 1.82) is 0 Å². The highest BCUT2D eigenvalue weighted by Gasteiger charge is 2.14. The van der Waals surface area contributed by atoms with Crippen molar-refractivity contribution in [3.8, 4) is 0 Å². The molecule has 0 fully saturated rings. The van der Waals surface area contributed by atoms with Crippen LogP contribution in [0.25, 0.3) is 0 Å². The first-order chi connectivity index (χ1) is 13.9. The van der Waals surface area contributed by atoms with E-state index in [-0.39, 0.29) is 35.6 Å². The van der Waals surface area contributed by atoms with Crippen molar-refractivity contribution in [2.24, 2.45) is 0 Å². The van der Waals surface area contributed by atoms with Crippen LogP contribution in [0.3, 0.4) is 0 Å². The minimum atomic E-state index is -0.411. The number of carbonyl (C=O) groups excluding carboxylic acids is 2. The number of anilines is 1. The maximum Gasteiger partial charge on any atom is 0.274 e. The summed E-state index contributed by atoms with van der Waals surface area (Å²) in [4.78, 5) is 29.2. The number of pyridine rings is 1. The third-order valence-corrected chi connectivity index (χ3v) is 4.41. The highest BCUT2D eigenvalue weighted by Crippen LogP contribution is 2.24. The van der Waals surface area contributed by atoms with Gasteiger partial charge in [-0.1, -0.05) is 50.2 Å². The normalized spacial score (nSPS) is 10.6. The standard InChI is InChI=1S/C23H22FN3O2/c1-15(2)18-6-3-4-7-19(18)27-23(29)21-9-5-8-20(26-21)22(28)25-14-16-10-12-17(24)13-11-16/h3-13,15H,14H2,1-2H3,(H,25,28)(H,27,29). The Morgan fingerprint density at radius 1 is 0.897 bits per heavy atom. The molecule has 3 rings (SSSR count). The van der Waals surface area contributed by atoms with E-state index in [9.17, 15) is 14.0 Å². The Bertz CT molecular complexity index is 1020. The van der Waals surface area contributed by atoms with Crippen molar-refractivity contribution < 1.29 is 14.0 Å². The summed E-state index contributed by atoms with van der Waals surface area (Å²) in [6.07, 6.45) is 0. The van der Waals surface area contributed by atoms with E-state index in [4.69, 9.17) is 0 Å². The van der Waals surface area contributed by atoms with Gasteiger partial charge < -0.3 is 10.6 Å². The molecule has 2 N–H and O–H groups in total. The van der Waals surface area contributed by atoms with Gasteiger partial charge in [-0.25, -0.2) is 9.37 Å². The molecule has 6 heteroatoms. The van der Waals surface area contributed by atoms with Crippen molar-refractivity contribution in [2.45, 2.75) is 26.3 Å². The molecule has 148 valence electrons. The van der Waals surface area contributed by atoms with Gasteiger partial charge in [0, 0.05) is 12.2 Å². The van der Waals surface area contributed by atoms with Gasteiger partial charge in [0.1, 0.15) is 17.2 Å². The lowest BCUT2D eigenvalue weighted by Crippen LogP contribution is -2.25. The van der Waals surface area contributed by atoms with Crippen LogP contribution in [0.4, 0.5) is 10.1 Å². The van der Waals surface area contributed by atoms with Crippen LogP contribution in [-0.2, 0) is 6.54 Å². The summed E-state index contributed by atoms with van der Waals surface area (Å²) < 4.78 is 13.0. The molecule has 0 aliphatic carbocycles. The van der Waals surface area contributed by atoms with Crippen LogP contribution < -0.4 is 10.6 Å². The second kappa shape index (κ2) is 9.10. The molecule has 3 aromatic rings. The van der Waals surface area contributed by atoms with Gasteiger partial charge in [0.05, 0.1) is 0 Å². The molecule has 5 nitrogen and oxygen atoms in total. The summed E-state index contributed by atoms with van der Waals surface area (Å²) in [5.41, 5.74) is 2.79. The predicted octanol–water partition coefficient (Wildman–Crippen LogP) is 4.53. The Balaban J connectivity index is 1.69. The molecule has 0 aliphatic rings. The predicted molar refractivity (Wildman–Crippen MR) is 110 cm³/mol. The summed E-state index contributed by atoms with van der Waals surface area (Å²) in [7, 11) is 0. The molecule has 0 spiro atoms. The number of hydrogen-bond acceptors (Lipinski definition) is 3. The Kier molecular flexibility index (Phi) is 6.34. The van der Waals surface area contributed by atoms with Gasteiger partial charge in [-0.05, 0) is 47.4 Å². The van der Waals surface area contributed by atoms with Crippen LogP contribution in [0.5, 0.6) is 0 Å². The first-order valence-corrected chi connectivity index (χ1v) is 9.34. The lowest BCUT2D eigenvalue weighted by Gasteiger charge is -2.13. The van der Waals surface area contributed by atoms with Crippen LogP contribution in [0, 0.1) is 5.82 Å². The first kappa shape index (κ1) is 20.2. The summed E-state index contributed by atoms with van der Waals surface area (Å²) in [5.74, 6) is -0.875. The van der Waals surface area contributed by atoms with E-state index in [1.807, 2.05) is 24.3 Å². The lowest BCUT2D eigenvalue weighted by atomic mass is 10.0. The maximum atomic E-state index is 13.0. The second-order valence-electron chi connectivity index (χ2n) is 6.91. The zero-order valence-electron chi connectivity index (χ0n) is 16.3. The fourth-order valence-corrected chi connectivity index (χ4v) is 2.86. The quantitative estimate of drug-likeness (QED) is 0.649. The first-order valence-electron chi connectivity index (χ1n) is 9.34. The third-order valence-electron chi connectivity index (χ3n) is 4.41. The summed E-state index contributed by atoms with van der Waals surface area (Å²) in [6, 6.07) is 18.2. The average Bonchev–Trinajstić information content (AvgIpc) is 2.73. The molecule has 0 bridgehead atoms. The monoisotopic (exact) mass is 391 g/mol. The molecule has 0 radical (unpaired) electrons. The Morgan fingerprint density at radius 2 is 1.55 bits per heavy atom. The lowest BCUT2D eigenvalue weighted by molar-refractivity contribution is 0.0945. The van der Waals surface area contributed by atoms with Crippen molar-refractivity contribution >= 4 is 17.5 Å². The minimum absolute atomic E-state index is 0.136. The SMILES string of the molecule is CC(C)c1ccccc1NC(=O)c1cccc(C(=O)NCc2ccc(F)cc2)n1. The summed E-state index contributed by atoms with van der Waals surface area (Å²) in [5, 5.41) is 5.59. The van der Waals surface area contributed by atoms with Crippen LogP contribution in [0.2, 0.25) is 0 Å². The molecule has 0 unspecified atom stereocenters. The van der Waals surface area contributed by atoms with Crippen LogP contribution in [-0.4, -0.2) is 16.8 Å². The molecule has 2 amide bonds. The van der Waals surface area contributed by atoms with Gasteiger partial charge in [0.2, 0.25) is 0 Å². The van der Waals surface area contributed by atoms with E-state index < -0.39 is 5.91 Å². The summed E-state index contributed by atoms with van der Waals surface area (Å²) >= 11 is 0. The number of benzene rings is 2. The van der Waals surface area contributed by atoms with Crippen LogP contribution in [0.1, 0.15) is 51.9 Å². The van der Waals surface area contributed by atoms with E-state index in [0.717, 1.165) is 16.8 Å². The van der Waals surface area contributed by atoms with E-state index in [1.165, 1.54) is 12.1 Å². The number of carbonyl (C=O) groups is 2. The number of nitrogens with one attached hydrogen (secondary N) is 2. The molecule has 2 aromatic carbocycles. The smallest absolute Gasteiger partial charge is 0.274 e. The van der Waals surface area contributed by atoms with Gasteiger partial charge in [0.15, 0.2) is 0 Å². The Hall–Kier alpha value is -3.54.